The fourth-order valence-corrected chi connectivity index (χ4v) is 5.60. The van der Waals surface area contributed by atoms with Crippen molar-refractivity contribution >= 4 is 16.1 Å². The minimum atomic E-state index is -5.27. The Labute approximate surface area is 134 Å². The van der Waals surface area contributed by atoms with Gasteiger partial charge in [-0.1, -0.05) is 6.08 Å². The first-order valence-electron chi connectivity index (χ1n) is 7.70. The van der Waals surface area contributed by atoms with Crippen LogP contribution in [0.25, 0.3) is 0 Å². The number of carbonyl (C=O) groups excluding carboxylic acids is 1. The van der Waals surface area contributed by atoms with Crippen LogP contribution in [-0.4, -0.2) is 41.3 Å². The summed E-state index contributed by atoms with van der Waals surface area (Å²) >= 11 is 0. The molecule has 0 aliphatic heterocycles. The van der Waals surface area contributed by atoms with Crippen LogP contribution in [0.15, 0.2) is 12.7 Å². The molecule has 4 aliphatic rings. The average Bonchev–Trinajstić information content (AvgIpc) is 2.75. The summed E-state index contributed by atoms with van der Waals surface area (Å²) in [5, 5.41) is 7.04. The third kappa shape index (κ3) is 2.51. The van der Waals surface area contributed by atoms with Gasteiger partial charge in [0.2, 0.25) is 0 Å². The van der Waals surface area contributed by atoms with Crippen molar-refractivity contribution < 1.29 is 32.0 Å². The van der Waals surface area contributed by atoms with Crippen LogP contribution in [0, 0.1) is 17.3 Å². The van der Waals surface area contributed by atoms with Gasteiger partial charge in [0, 0.05) is 11.8 Å². The number of alkyl halides is 1. The van der Waals surface area contributed by atoms with Gasteiger partial charge in [-0.25, -0.2) is 9.18 Å². The van der Waals surface area contributed by atoms with Crippen molar-refractivity contribution in [3.63, 3.8) is 0 Å². The molecule has 5 atom stereocenters. The zero-order chi connectivity index (χ0) is 17.1. The molecular weight excluding hydrogens is 327 g/mol. The second-order valence-electron chi connectivity index (χ2n) is 7.46. The Hall–Kier alpha value is -0.990. The van der Waals surface area contributed by atoms with E-state index >= 15 is 0 Å². The highest BCUT2D eigenvalue weighted by Gasteiger charge is 2.64. The Kier molecular flexibility index (Phi) is 3.67. The molecule has 23 heavy (non-hydrogen) atoms. The van der Waals surface area contributed by atoms with E-state index < -0.39 is 38.5 Å². The van der Waals surface area contributed by atoms with Crippen molar-refractivity contribution in [2.24, 2.45) is 17.3 Å². The molecule has 0 amide bonds. The zero-order valence-electron chi connectivity index (χ0n) is 12.7. The van der Waals surface area contributed by atoms with E-state index in [9.17, 15) is 22.7 Å². The SMILES string of the molecule is C=CCC(F)(C(=O)OCC12CC3CC(C1)C(O)(C3)C2)S(=O)(=O)O. The summed E-state index contributed by atoms with van der Waals surface area (Å²) in [4.78, 5) is 11.9. The van der Waals surface area contributed by atoms with Crippen LogP contribution in [-0.2, 0) is 19.6 Å². The van der Waals surface area contributed by atoms with E-state index in [1.165, 1.54) is 0 Å². The average molecular weight is 348 g/mol. The molecule has 8 heteroatoms. The van der Waals surface area contributed by atoms with Gasteiger partial charge in [-0.15, -0.1) is 6.58 Å². The van der Waals surface area contributed by atoms with E-state index in [2.05, 4.69) is 6.58 Å². The zero-order valence-corrected chi connectivity index (χ0v) is 13.5. The second kappa shape index (κ2) is 5.00. The van der Waals surface area contributed by atoms with E-state index in [4.69, 9.17) is 9.29 Å². The number of aliphatic hydroxyl groups is 1. The van der Waals surface area contributed by atoms with Crippen LogP contribution < -0.4 is 0 Å². The van der Waals surface area contributed by atoms with Crippen LogP contribution in [0.2, 0.25) is 0 Å². The van der Waals surface area contributed by atoms with Crippen molar-refractivity contribution in [2.45, 2.75) is 49.1 Å². The smallest absolute Gasteiger partial charge is 0.362 e. The Morgan fingerprint density at radius 1 is 1.43 bits per heavy atom. The van der Waals surface area contributed by atoms with E-state index in [0.717, 1.165) is 25.3 Å². The number of hydrogen-bond acceptors (Lipinski definition) is 5. The molecule has 0 spiro atoms. The van der Waals surface area contributed by atoms with E-state index in [0.29, 0.717) is 18.8 Å². The van der Waals surface area contributed by atoms with Gasteiger partial charge < -0.3 is 9.84 Å². The lowest BCUT2D eigenvalue weighted by atomic mass is 9.69. The van der Waals surface area contributed by atoms with Gasteiger partial charge in [-0.05, 0) is 43.9 Å². The van der Waals surface area contributed by atoms with Gasteiger partial charge in [-0.2, -0.15) is 8.42 Å². The Bertz CT molecular complexity index is 648. The van der Waals surface area contributed by atoms with Crippen LogP contribution >= 0.6 is 0 Å². The molecule has 4 saturated carbocycles. The molecule has 0 saturated heterocycles. The molecule has 5 unspecified atom stereocenters. The molecule has 4 aliphatic carbocycles. The van der Waals surface area contributed by atoms with Gasteiger partial charge in [-0.3, -0.25) is 4.55 Å². The van der Waals surface area contributed by atoms with Gasteiger partial charge in [0.1, 0.15) is 0 Å². The number of allylic oxidation sites excluding steroid dienone is 1. The van der Waals surface area contributed by atoms with E-state index in [1.807, 2.05) is 0 Å². The quantitative estimate of drug-likeness (QED) is 0.430. The Morgan fingerprint density at radius 3 is 2.65 bits per heavy atom. The molecule has 0 aromatic carbocycles. The van der Waals surface area contributed by atoms with Crippen molar-refractivity contribution in [1.29, 1.82) is 0 Å². The summed E-state index contributed by atoms with van der Waals surface area (Å²) in [5.41, 5.74) is -1.14. The first-order valence-corrected chi connectivity index (χ1v) is 9.14. The highest BCUT2D eigenvalue weighted by atomic mass is 32.2. The van der Waals surface area contributed by atoms with Crippen molar-refractivity contribution in [2.75, 3.05) is 6.61 Å². The summed E-state index contributed by atoms with van der Waals surface area (Å²) in [5.74, 6) is -1.08. The number of carbonyl (C=O) groups is 1. The van der Waals surface area contributed by atoms with Crippen molar-refractivity contribution in [1.82, 2.24) is 0 Å². The predicted octanol–water partition coefficient (Wildman–Crippen LogP) is 1.60. The fraction of sp³-hybridized carbons (Fsp3) is 0.800. The molecule has 0 aromatic rings. The molecule has 130 valence electrons. The minimum Gasteiger partial charge on any atom is -0.462 e. The van der Waals surface area contributed by atoms with E-state index in [-0.39, 0.29) is 12.5 Å². The molecule has 4 bridgehead atoms. The van der Waals surface area contributed by atoms with Gasteiger partial charge in [0.25, 0.3) is 0 Å². The molecule has 4 rings (SSSR count). The molecule has 4 fully saturated rings. The fourth-order valence-electron chi connectivity index (χ4n) is 5.00. The third-order valence-electron chi connectivity index (χ3n) is 5.73. The maximum Gasteiger partial charge on any atom is 0.362 e. The molecule has 2 N–H and O–H groups in total. The number of hydrogen-bond donors (Lipinski definition) is 2. The van der Waals surface area contributed by atoms with Gasteiger partial charge >= 0.3 is 21.1 Å². The normalized spacial score (nSPS) is 40.8. The Balaban J connectivity index is 1.71. The topological polar surface area (TPSA) is 101 Å². The van der Waals surface area contributed by atoms with Crippen molar-refractivity contribution in [3.05, 3.63) is 12.7 Å². The lowest BCUT2D eigenvalue weighted by Crippen LogP contribution is -2.45. The highest BCUT2D eigenvalue weighted by molar-refractivity contribution is 7.87. The maximum atomic E-state index is 14.4. The number of halogens is 1. The Morgan fingerprint density at radius 2 is 2.13 bits per heavy atom. The largest absolute Gasteiger partial charge is 0.462 e. The number of ether oxygens (including phenoxy) is 1. The van der Waals surface area contributed by atoms with Crippen LogP contribution in [0.5, 0.6) is 0 Å². The molecule has 0 aromatic heterocycles. The van der Waals surface area contributed by atoms with Gasteiger partial charge in [0.15, 0.2) is 0 Å². The lowest BCUT2D eigenvalue weighted by Gasteiger charge is -2.39. The number of esters is 1. The minimum absolute atomic E-state index is 0.139. The first-order chi connectivity index (χ1) is 10.5. The summed E-state index contributed by atoms with van der Waals surface area (Å²) in [6.07, 6.45) is 3.69. The predicted molar refractivity (Wildman–Crippen MR) is 78.6 cm³/mol. The third-order valence-corrected chi connectivity index (χ3v) is 6.88. The van der Waals surface area contributed by atoms with Crippen LogP contribution in [0.4, 0.5) is 4.39 Å². The van der Waals surface area contributed by atoms with E-state index in [1.54, 1.807) is 0 Å². The molecular formula is C15H21FO6S. The highest BCUT2D eigenvalue weighted by Crippen LogP contribution is 2.66. The van der Waals surface area contributed by atoms with Crippen LogP contribution in [0.3, 0.4) is 0 Å². The summed E-state index contributed by atoms with van der Waals surface area (Å²) in [6, 6.07) is 0. The van der Waals surface area contributed by atoms with Gasteiger partial charge in [0.05, 0.1) is 12.2 Å². The molecule has 0 heterocycles. The van der Waals surface area contributed by atoms with Crippen molar-refractivity contribution in [3.8, 4) is 0 Å². The summed E-state index contributed by atoms with van der Waals surface area (Å²) < 4.78 is 50.8. The van der Waals surface area contributed by atoms with Crippen LogP contribution in [0.1, 0.15) is 38.5 Å². The molecule has 0 radical (unpaired) electrons. The number of rotatable bonds is 6. The second-order valence-corrected chi connectivity index (χ2v) is 9.06. The summed E-state index contributed by atoms with van der Waals surface area (Å²) in [6.45, 7) is 3.06. The molecule has 6 nitrogen and oxygen atoms in total. The maximum absolute atomic E-state index is 14.4. The summed E-state index contributed by atoms with van der Waals surface area (Å²) in [7, 11) is -5.27. The monoisotopic (exact) mass is 348 g/mol. The lowest BCUT2D eigenvalue weighted by molar-refractivity contribution is -0.158. The standard InChI is InChI=1S/C15H21FO6S/c1-2-3-15(16,23(19,20)21)12(17)22-9-13-5-10-4-11(7-13)14(18,6-10)8-13/h2,10-11,18H,1,3-9H2,(H,19,20,21). The first kappa shape index (κ1) is 16.9.